The first kappa shape index (κ1) is 20.7. The number of carbonyl (C=O) groups excluding carboxylic acids is 2. The van der Waals surface area contributed by atoms with Gasteiger partial charge in [0.05, 0.1) is 20.8 Å². The van der Waals surface area contributed by atoms with Crippen LogP contribution >= 0.6 is 0 Å². The molecular weight excluding hydrogens is 370 g/mol. The molecule has 3 rings (SSSR count). The predicted molar refractivity (Wildman–Crippen MR) is 110 cm³/mol. The number of rotatable bonds is 7. The van der Waals surface area contributed by atoms with E-state index in [2.05, 4.69) is 15.5 Å². The summed E-state index contributed by atoms with van der Waals surface area (Å²) in [6, 6.07) is 14.8. The molecule has 1 saturated heterocycles. The highest BCUT2D eigenvalue weighted by atomic mass is 16.5. The van der Waals surface area contributed by atoms with Gasteiger partial charge in [-0.15, -0.1) is 0 Å². The Morgan fingerprint density at radius 2 is 1.90 bits per heavy atom. The quantitative estimate of drug-likeness (QED) is 0.751. The van der Waals surface area contributed by atoms with Gasteiger partial charge in [-0.1, -0.05) is 30.3 Å². The van der Waals surface area contributed by atoms with E-state index in [1.807, 2.05) is 48.5 Å². The third kappa shape index (κ3) is 5.48. The lowest BCUT2D eigenvalue weighted by Gasteiger charge is -2.25. The Morgan fingerprint density at radius 3 is 2.62 bits per heavy atom. The van der Waals surface area contributed by atoms with Crippen LogP contribution in [0.5, 0.6) is 11.5 Å². The monoisotopic (exact) mass is 397 g/mol. The summed E-state index contributed by atoms with van der Waals surface area (Å²) >= 11 is 0. The fourth-order valence-electron chi connectivity index (χ4n) is 3.64. The van der Waals surface area contributed by atoms with E-state index in [-0.39, 0.29) is 18.5 Å². The zero-order valence-corrected chi connectivity index (χ0v) is 16.8. The van der Waals surface area contributed by atoms with Gasteiger partial charge in [0.1, 0.15) is 11.5 Å². The van der Waals surface area contributed by atoms with Crippen molar-refractivity contribution in [2.24, 2.45) is 0 Å². The lowest BCUT2D eigenvalue weighted by Crippen LogP contribution is -2.44. The highest BCUT2D eigenvalue weighted by Gasteiger charge is 2.30. The molecule has 1 atom stereocenters. The maximum absolute atomic E-state index is 12.4. The molecule has 0 bridgehead atoms. The number of imide groups is 1. The van der Waals surface area contributed by atoms with E-state index in [1.54, 1.807) is 14.2 Å². The van der Waals surface area contributed by atoms with Gasteiger partial charge >= 0.3 is 6.03 Å². The number of methoxy groups -OCH3 is 2. The van der Waals surface area contributed by atoms with Crippen LogP contribution in [0.3, 0.4) is 0 Å². The van der Waals surface area contributed by atoms with Gasteiger partial charge < -0.3 is 14.8 Å². The number of benzene rings is 2. The van der Waals surface area contributed by atoms with Gasteiger partial charge in [0.2, 0.25) is 5.91 Å². The number of carbonyl (C=O) groups is 2. The van der Waals surface area contributed by atoms with Crippen molar-refractivity contribution in [3.05, 3.63) is 59.7 Å². The van der Waals surface area contributed by atoms with Crippen LogP contribution in [0.1, 0.15) is 30.0 Å². The van der Waals surface area contributed by atoms with E-state index < -0.39 is 6.03 Å². The maximum atomic E-state index is 12.4. The SMILES string of the molecule is COc1ccc(OC)c([C@@H]2CCCN2CC(=O)NC(=O)NCc2ccccc2)c1. The van der Waals surface area contributed by atoms with E-state index >= 15 is 0 Å². The summed E-state index contributed by atoms with van der Waals surface area (Å²) in [4.78, 5) is 26.5. The van der Waals surface area contributed by atoms with Crippen LogP contribution < -0.4 is 20.1 Å². The number of ether oxygens (including phenoxy) is 2. The molecule has 0 spiro atoms. The molecule has 0 aliphatic carbocycles. The van der Waals surface area contributed by atoms with Crippen molar-refractivity contribution in [1.82, 2.24) is 15.5 Å². The van der Waals surface area contributed by atoms with Crippen molar-refractivity contribution in [1.29, 1.82) is 0 Å². The van der Waals surface area contributed by atoms with Crippen molar-refractivity contribution in [3.63, 3.8) is 0 Å². The summed E-state index contributed by atoms with van der Waals surface area (Å²) in [5, 5.41) is 5.12. The van der Waals surface area contributed by atoms with Gasteiger partial charge in [-0.05, 0) is 43.1 Å². The molecule has 7 nitrogen and oxygen atoms in total. The van der Waals surface area contributed by atoms with Crippen LogP contribution in [0.25, 0.3) is 0 Å². The van der Waals surface area contributed by atoms with Crippen LogP contribution in [0.15, 0.2) is 48.5 Å². The fraction of sp³-hybridized carbons (Fsp3) is 0.364. The Morgan fingerprint density at radius 1 is 1.10 bits per heavy atom. The van der Waals surface area contributed by atoms with E-state index in [0.717, 1.165) is 42.0 Å². The number of hydrogen-bond acceptors (Lipinski definition) is 5. The van der Waals surface area contributed by atoms with Gasteiger partial charge in [-0.25, -0.2) is 4.79 Å². The van der Waals surface area contributed by atoms with Gasteiger partial charge in [0.15, 0.2) is 0 Å². The Bertz CT molecular complexity index is 841. The topological polar surface area (TPSA) is 79.9 Å². The first-order chi connectivity index (χ1) is 14.1. The van der Waals surface area contributed by atoms with E-state index in [0.29, 0.717) is 6.54 Å². The molecule has 0 saturated carbocycles. The molecule has 0 aromatic heterocycles. The van der Waals surface area contributed by atoms with Crippen molar-refractivity contribution < 1.29 is 19.1 Å². The summed E-state index contributed by atoms with van der Waals surface area (Å²) in [6.45, 7) is 1.29. The maximum Gasteiger partial charge on any atom is 0.321 e. The normalized spacial score (nSPS) is 16.3. The molecule has 2 N–H and O–H groups in total. The van der Waals surface area contributed by atoms with Crippen LogP contribution in [0.2, 0.25) is 0 Å². The summed E-state index contributed by atoms with van der Waals surface area (Å²) in [5.41, 5.74) is 1.96. The number of amides is 3. The van der Waals surface area contributed by atoms with Crippen molar-refractivity contribution in [3.8, 4) is 11.5 Å². The third-order valence-electron chi connectivity index (χ3n) is 5.06. The van der Waals surface area contributed by atoms with Crippen LogP contribution in [-0.2, 0) is 11.3 Å². The predicted octanol–water partition coefficient (Wildman–Crippen LogP) is 2.87. The molecular formula is C22H27N3O4. The third-order valence-corrected chi connectivity index (χ3v) is 5.06. The lowest BCUT2D eigenvalue weighted by atomic mass is 10.0. The number of urea groups is 1. The Hall–Kier alpha value is -3.06. The van der Waals surface area contributed by atoms with Crippen LogP contribution in [0.4, 0.5) is 4.79 Å². The van der Waals surface area contributed by atoms with Crippen LogP contribution in [-0.4, -0.2) is 44.1 Å². The molecule has 1 fully saturated rings. The minimum atomic E-state index is -0.492. The molecule has 29 heavy (non-hydrogen) atoms. The van der Waals surface area contributed by atoms with Crippen LogP contribution in [0, 0.1) is 0 Å². The van der Waals surface area contributed by atoms with E-state index in [1.165, 1.54) is 0 Å². The van der Waals surface area contributed by atoms with Crippen molar-refractivity contribution >= 4 is 11.9 Å². The molecule has 0 radical (unpaired) electrons. The summed E-state index contributed by atoms with van der Waals surface area (Å²) in [6.07, 6.45) is 1.88. The van der Waals surface area contributed by atoms with E-state index in [9.17, 15) is 9.59 Å². The molecule has 1 heterocycles. The molecule has 3 amide bonds. The summed E-state index contributed by atoms with van der Waals surface area (Å²) < 4.78 is 10.8. The first-order valence-corrected chi connectivity index (χ1v) is 9.68. The zero-order valence-electron chi connectivity index (χ0n) is 16.8. The number of likely N-dealkylation sites (tertiary alicyclic amines) is 1. The Balaban J connectivity index is 1.57. The molecule has 1 aliphatic heterocycles. The van der Waals surface area contributed by atoms with Crippen molar-refractivity contribution in [2.75, 3.05) is 27.3 Å². The second-order valence-corrected chi connectivity index (χ2v) is 6.95. The second kappa shape index (κ2) is 9.93. The molecule has 1 aliphatic rings. The average Bonchev–Trinajstić information content (AvgIpc) is 3.20. The van der Waals surface area contributed by atoms with Crippen molar-refractivity contribution in [2.45, 2.75) is 25.4 Å². The summed E-state index contributed by atoms with van der Waals surface area (Å²) in [7, 11) is 3.26. The Kier molecular flexibility index (Phi) is 7.08. The molecule has 2 aromatic carbocycles. The highest BCUT2D eigenvalue weighted by Crippen LogP contribution is 2.38. The minimum Gasteiger partial charge on any atom is -0.497 e. The Labute approximate surface area is 171 Å². The van der Waals surface area contributed by atoms with Gasteiger partial charge in [-0.2, -0.15) is 0 Å². The number of nitrogens with one attached hydrogen (secondary N) is 2. The summed E-state index contributed by atoms with van der Waals surface area (Å²) in [5.74, 6) is 1.19. The van der Waals surface area contributed by atoms with Gasteiger partial charge in [0, 0.05) is 18.2 Å². The van der Waals surface area contributed by atoms with E-state index in [4.69, 9.17) is 9.47 Å². The largest absolute Gasteiger partial charge is 0.497 e. The average molecular weight is 397 g/mol. The molecule has 7 heteroatoms. The lowest BCUT2D eigenvalue weighted by molar-refractivity contribution is -0.121. The molecule has 0 unspecified atom stereocenters. The highest BCUT2D eigenvalue weighted by molar-refractivity contribution is 5.95. The number of hydrogen-bond donors (Lipinski definition) is 2. The first-order valence-electron chi connectivity index (χ1n) is 9.68. The molecule has 2 aromatic rings. The standard InChI is InChI=1S/C22H27N3O4/c1-28-17-10-11-20(29-2)18(13-17)19-9-6-12-25(19)15-21(26)24-22(27)23-14-16-7-4-3-5-8-16/h3-5,7-8,10-11,13,19H,6,9,12,14-15H2,1-2H3,(H2,23,24,26,27)/t19-/m0/s1. The van der Waals surface area contributed by atoms with Gasteiger partial charge in [-0.3, -0.25) is 15.0 Å². The zero-order chi connectivity index (χ0) is 20.6. The fourth-order valence-corrected chi connectivity index (χ4v) is 3.64. The van der Waals surface area contributed by atoms with Gasteiger partial charge in [0.25, 0.3) is 0 Å². The minimum absolute atomic E-state index is 0.0400. The molecule has 154 valence electrons. The number of nitrogens with zero attached hydrogens (tertiary/aromatic N) is 1. The second-order valence-electron chi connectivity index (χ2n) is 6.95. The smallest absolute Gasteiger partial charge is 0.321 e.